The van der Waals surface area contributed by atoms with Gasteiger partial charge in [-0.25, -0.2) is 8.78 Å². The fourth-order valence-corrected chi connectivity index (χ4v) is 3.20. The molecule has 0 heterocycles. The molecule has 0 saturated heterocycles. The molecule has 1 fully saturated rings. The van der Waals surface area contributed by atoms with Crippen molar-refractivity contribution in [3.63, 3.8) is 0 Å². The molecule has 2 atom stereocenters. The molecule has 0 bridgehead atoms. The third-order valence-electron chi connectivity index (χ3n) is 4.53. The molecule has 24 heavy (non-hydrogen) atoms. The van der Waals surface area contributed by atoms with E-state index < -0.39 is 23.5 Å². The Morgan fingerprint density at radius 3 is 2.58 bits per heavy atom. The molecule has 1 amide bonds. The van der Waals surface area contributed by atoms with Gasteiger partial charge in [-0.3, -0.25) is 9.59 Å². The van der Waals surface area contributed by atoms with Crippen LogP contribution in [0.5, 0.6) is 0 Å². The van der Waals surface area contributed by atoms with E-state index in [1.165, 1.54) is 6.07 Å². The van der Waals surface area contributed by atoms with Gasteiger partial charge in [0.15, 0.2) is 11.6 Å². The Morgan fingerprint density at radius 1 is 1.12 bits per heavy atom. The molecule has 0 unspecified atom stereocenters. The summed E-state index contributed by atoms with van der Waals surface area (Å²) in [5.74, 6) is -3.34. The number of aliphatic carboxylic acids is 1. The van der Waals surface area contributed by atoms with Crippen LogP contribution in [0.15, 0.2) is 18.2 Å². The number of carbonyl (C=O) groups is 2. The SMILES string of the molecule is O=C(CCCc1ccc(F)c(F)c1)N[C@H]1CCCCC[C@H]1C(=O)O. The molecule has 4 nitrogen and oxygen atoms in total. The molecule has 2 rings (SSSR count). The maximum absolute atomic E-state index is 13.1. The lowest BCUT2D eigenvalue weighted by atomic mass is 9.94. The number of carboxylic acid groups (broad SMARTS) is 1. The first-order chi connectivity index (χ1) is 11.5. The number of amides is 1. The largest absolute Gasteiger partial charge is 0.481 e. The van der Waals surface area contributed by atoms with Crippen molar-refractivity contribution >= 4 is 11.9 Å². The van der Waals surface area contributed by atoms with Crippen LogP contribution >= 0.6 is 0 Å². The zero-order valence-corrected chi connectivity index (χ0v) is 13.6. The van der Waals surface area contributed by atoms with Gasteiger partial charge in [0.1, 0.15) is 0 Å². The Balaban J connectivity index is 1.81. The van der Waals surface area contributed by atoms with Gasteiger partial charge < -0.3 is 10.4 Å². The van der Waals surface area contributed by atoms with E-state index in [0.717, 1.165) is 31.4 Å². The molecule has 1 saturated carbocycles. The summed E-state index contributed by atoms with van der Waals surface area (Å²) in [6.45, 7) is 0. The number of hydrogen-bond donors (Lipinski definition) is 2. The number of hydrogen-bond acceptors (Lipinski definition) is 2. The Kier molecular flexibility index (Phi) is 6.70. The predicted molar refractivity (Wildman–Crippen MR) is 85.4 cm³/mol. The van der Waals surface area contributed by atoms with Crippen molar-refractivity contribution in [1.29, 1.82) is 0 Å². The number of rotatable bonds is 6. The number of aryl methyl sites for hydroxylation is 1. The van der Waals surface area contributed by atoms with E-state index in [1.54, 1.807) is 0 Å². The quantitative estimate of drug-likeness (QED) is 0.780. The Hall–Kier alpha value is -1.98. The molecule has 1 aliphatic carbocycles. The highest BCUT2D eigenvalue weighted by Gasteiger charge is 2.30. The van der Waals surface area contributed by atoms with E-state index in [4.69, 9.17) is 0 Å². The Labute approximate surface area is 140 Å². The summed E-state index contributed by atoms with van der Waals surface area (Å²) < 4.78 is 26.0. The van der Waals surface area contributed by atoms with Crippen molar-refractivity contribution in [2.24, 2.45) is 5.92 Å². The highest BCUT2D eigenvalue weighted by Crippen LogP contribution is 2.24. The van der Waals surface area contributed by atoms with E-state index in [9.17, 15) is 23.5 Å². The van der Waals surface area contributed by atoms with Crippen LogP contribution in [0, 0.1) is 17.6 Å². The fraction of sp³-hybridized carbons (Fsp3) is 0.556. The Bertz CT molecular complexity index is 592. The molecule has 2 N–H and O–H groups in total. The number of nitrogens with one attached hydrogen (secondary N) is 1. The van der Waals surface area contributed by atoms with E-state index >= 15 is 0 Å². The maximum atomic E-state index is 13.1. The third-order valence-corrected chi connectivity index (χ3v) is 4.53. The first-order valence-corrected chi connectivity index (χ1v) is 8.43. The first-order valence-electron chi connectivity index (χ1n) is 8.43. The summed E-state index contributed by atoms with van der Waals surface area (Å²) >= 11 is 0. The predicted octanol–water partition coefficient (Wildman–Crippen LogP) is 3.44. The average Bonchev–Trinajstić information content (AvgIpc) is 2.76. The smallest absolute Gasteiger partial charge is 0.308 e. The molecule has 1 aromatic rings. The van der Waals surface area contributed by atoms with Crippen LogP contribution in [-0.4, -0.2) is 23.0 Å². The summed E-state index contributed by atoms with van der Waals surface area (Å²) in [7, 11) is 0. The second kappa shape index (κ2) is 8.76. The molecule has 0 aromatic heterocycles. The van der Waals surface area contributed by atoms with Gasteiger partial charge in [-0.15, -0.1) is 0 Å². The van der Waals surface area contributed by atoms with Gasteiger partial charge in [0.25, 0.3) is 0 Å². The second-order valence-corrected chi connectivity index (χ2v) is 6.36. The highest BCUT2D eigenvalue weighted by molar-refractivity contribution is 5.78. The van der Waals surface area contributed by atoms with Gasteiger partial charge in [-0.1, -0.05) is 25.3 Å². The lowest BCUT2D eigenvalue weighted by Gasteiger charge is -2.22. The van der Waals surface area contributed by atoms with Gasteiger partial charge in [0, 0.05) is 12.5 Å². The van der Waals surface area contributed by atoms with E-state index in [0.29, 0.717) is 31.2 Å². The second-order valence-electron chi connectivity index (χ2n) is 6.36. The highest BCUT2D eigenvalue weighted by atomic mass is 19.2. The molecule has 1 aliphatic rings. The van der Waals surface area contributed by atoms with Gasteiger partial charge in [0.05, 0.1) is 5.92 Å². The maximum Gasteiger partial charge on any atom is 0.308 e. The van der Waals surface area contributed by atoms with Crippen LogP contribution < -0.4 is 5.32 Å². The molecular formula is C18H23F2NO3. The van der Waals surface area contributed by atoms with E-state index in [2.05, 4.69) is 5.32 Å². The monoisotopic (exact) mass is 339 g/mol. The molecule has 0 spiro atoms. The van der Waals surface area contributed by atoms with Crippen molar-refractivity contribution in [2.45, 2.75) is 57.4 Å². The minimum atomic E-state index is -0.889. The van der Waals surface area contributed by atoms with Crippen LogP contribution in [-0.2, 0) is 16.0 Å². The topological polar surface area (TPSA) is 66.4 Å². The van der Waals surface area contributed by atoms with Crippen molar-refractivity contribution in [3.8, 4) is 0 Å². The minimum Gasteiger partial charge on any atom is -0.481 e. The lowest BCUT2D eigenvalue weighted by molar-refractivity contribution is -0.143. The van der Waals surface area contributed by atoms with Gasteiger partial charge in [-0.05, 0) is 43.4 Å². The molecule has 0 aliphatic heterocycles. The van der Waals surface area contributed by atoms with Crippen LogP contribution in [0.2, 0.25) is 0 Å². The molecule has 132 valence electrons. The molecular weight excluding hydrogens is 316 g/mol. The van der Waals surface area contributed by atoms with Crippen LogP contribution in [0.1, 0.15) is 50.5 Å². The van der Waals surface area contributed by atoms with Crippen LogP contribution in [0.25, 0.3) is 0 Å². The summed E-state index contributed by atoms with van der Waals surface area (Å²) in [6.07, 6.45) is 5.27. The standard InChI is InChI=1S/C18H23F2NO3/c19-14-10-9-12(11-15(14)20)5-4-8-17(22)21-16-7-3-1-2-6-13(16)18(23)24/h9-11,13,16H,1-8H2,(H,21,22)(H,23,24)/t13-,16+/m1/s1. The Morgan fingerprint density at radius 2 is 1.88 bits per heavy atom. The number of carbonyl (C=O) groups excluding carboxylic acids is 1. The molecule has 6 heteroatoms. The van der Waals surface area contributed by atoms with Crippen LogP contribution in [0.3, 0.4) is 0 Å². The summed E-state index contributed by atoms with van der Waals surface area (Å²) in [4.78, 5) is 23.4. The number of halogens is 2. The summed E-state index contributed by atoms with van der Waals surface area (Å²) in [5, 5.41) is 12.1. The summed E-state index contributed by atoms with van der Waals surface area (Å²) in [5.41, 5.74) is 0.638. The summed E-state index contributed by atoms with van der Waals surface area (Å²) in [6, 6.07) is 3.40. The van der Waals surface area contributed by atoms with E-state index in [-0.39, 0.29) is 18.4 Å². The van der Waals surface area contributed by atoms with Crippen molar-refractivity contribution in [2.75, 3.05) is 0 Å². The number of benzene rings is 1. The minimum absolute atomic E-state index is 0.185. The van der Waals surface area contributed by atoms with Crippen molar-refractivity contribution in [3.05, 3.63) is 35.4 Å². The van der Waals surface area contributed by atoms with Crippen LogP contribution in [0.4, 0.5) is 8.78 Å². The zero-order valence-electron chi connectivity index (χ0n) is 13.6. The third kappa shape index (κ3) is 5.28. The van der Waals surface area contributed by atoms with Gasteiger partial charge in [0.2, 0.25) is 5.91 Å². The molecule has 1 aromatic carbocycles. The zero-order chi connectivity index (χ0) is 17.5. The normalized spacial score (nSPS) is 21.1. The number of carboxylic acids is 1. The van der Waals surface area contributed by atoms with Gasteiger partial charge >= 0.3 is 5.97 Å². The fourth-order valence-electron chi connectivity index (χ4n) is 3.20. The first kappa shape index (κ1) is 18.4. The average molecular weight is 339 g/mol. The lowest BCUT2D eigenvalue weighted by Crippen LogP contribution is -2.42. The van der Waals surface area contributed by atoms with Crippen molar-refractivity contribution < 1.29 is 23.5 Å². The van der Waals surface area contributed by atoms with E-state index in [1.807, 2.05) is 0 Å². The van der Waals surface area contributed by atoms with Crippen molar-refractivity contribution in [1.82, 2.24) is 5.32 Å². The van der Waals surface area contributed by atoms with Gasteiger partial charge in [-0.2, -0.15) is 0 Å². The molecule has 0 radical (unpaired) electrons.